The van der Waals surface area contributed by atoms with Crippen molar-refractivity contribution in [1.29, 1.82) is 0 Å². The fourth-order valence-corrected chi connectivity index (χ4v) is 2.73. The smallest absolute Gasteiger partial charge is 0.321 e. The lowest BCUT2D eigenvalue weighted by molar-refractivity contribution is -0.118. The molecule has 1 aromatic rings. The van der Waals surface area contributed by atoms with Crippen LogP contribution in [0.3, 0.4) is 0 Å². The zero-order valence-electron chi connectivity index (χ0n) is 12.2. The van der Waals surface area contributed by atoms with Gasteiger partial charge in [0.1, 0.15) is 5.78 Å². The third-order valence-electron chi connectivity index (χ3n) is 3.68. The second-order valence-electron chi connectivity index (χ2n) is 5.55. The zero-order valence-corrected chi connectivity index (χ0v) is 12.2. The molecule has 0 saturated carbocycles. The average molecular weight is 274 g/mol. The quantitative estimate of drug-likeness (QED) is 0.918. The highest BCUT2D eigenvalue weighted by Crippen LogP contribution is 2.21. The number of Topliss-reactive ketones (excluding diaryl/α,β-unsaturated/α-hetero) is 1. The molecule has 1 heterocycles. The van der Waals surface area contributed by atoms with Crippen molar-refractivity contribution < 1.29 is 9.59 Å². The molecule has 4 nitrogen and oxygen atoms in total. The standard InChI is InChI=1S/C16H22N2O2/c1-12-6-5-7-14(10-12)17-16(20)18-9-4-3-8-15(18)11-13(2)19/h5-7,10,15H,3-4,8-9,11H2,1-2H3,(H,17,20). The van der Waals surface area contributed by atoms with Crippen molar-refractivity contribution in [3.05, 3.63) is 29.8 Å². The first-order valence-electron chi connectivity index (χ1n) is 7.20. The van der Waals surface area contributed by atoms with Crippen LogP contribution in [-0.4, -0.2) is 29.3 Å². The third-order valence-corrected chi connectivity index (χ3v) is 3.68. The van der Waals surface area contributed by atoms with Crippen LogP contribution < -0.4 is 5.32 Å². The minimum Gasteiger partial charge on any atom is -0.321 e. The van der Waals surface area contributed by atoms with Crippen LogP contribution in [0.4, 0.5) is 10.5 Å². The molecule has 0 aromatic heterocycles. The largest absolute Gasteiger partial charge is 0.322 e. The Morgan fingerprint density at radius 3 is 2.85 bits per heavy atom. The van der Waals surface area contributed by atoms with Gasteiger partial charge in [-0.2, -0.15) is 0 Å². The lowest BCUT2D eigenvalue weighted by Gasteiger charge is -2.35. The highest BCUT2D eigenvalue weighted by Gasteiger charge is 2.27. The number of piperidine rings is 1. The van der Waals surface area contributed by atoms with Gasteiger partial charge < -0.3 is 10.2 Å². The first kappa shape index (κ1) is 14.6. The number of anilines is 1. The van der Waals surface area contributed by atoms with Crippen molar-refractivity contribution in [1.82, 2.24) is 4.90 Å². The van der Waals surface area contributed by atoms with Gasteiger partial charge in [-0.1, -0.05) is 12.1 Å². The highest BCUT2D eigenvalue weighted by atomic mass is 16.2. The van der Waals surface area contributed by atoms with E-state index in [1.807, 2.05) is 36.1 Å². The normalized spacial score (nSPS) is 18.7. The summed E-state index contributed by atoms with van der Waals surface area (Å²) in [7, 11) is 0. The number of hydrogen-bond acceptors (Lipinski definition) is 2. The van der Waals surface area contributed by atoms with E-state index >= 15 is 0 Å². The maximum atomic E-state index is 12.4. The van der Waals surface area contributed by atoms with E-state index in [1.54, 1.807) is 6.92 Å². The zero-order chi connectivity index (χ0) is 14.5. The monoisotopic (exact) mass is 274 g/mol. The number of carbonyl (C=O) groups is 2. The van der Waals surface area contributed by atoms with Gasteiger partial charge >= 0.3 is 6.03 Å². The van der Waals surface area contributed by atoms with Crippen molar-refractivity contribution >= 4 is 17.5 Å². The van der Waals surface area contributed by atoms with E-state index in [4.69, 9.17) is 0 Å². The molecule has 0 aliphatic carbocycles. The van der Waals surface area contributed by atoms with E-state index in [1.165, 1.54) is 0 Å². The second kappa shape index (κ2) is 6.55. The molecule has 108 valence electrons. The fourth-order valence-electron chi connectivity index (χ4n) is 2.73. The van der Waals surface area contributed by atoms with Crippen molar-refractivity contribution in [2.45, 2.75) is 45.6 Å². The van der Waals surface area contributed by atoms with Crippen LogP contribution in [0.25, 0.3) is 0 Å². The van der Waals surface area contributed by atoms with Gasteiger partial charge in [-0.25, -0.2) is 4.79 Å². The van der Waals surface area contributed by atoms with Crippen LogP contribution >= 0.6 is 0 Å². The van der Waals surface area contributed by atoms with E-state index in [9.17, 15) is 9.59 Å². The second-order valence-corrected chi connectivity index (χ2v) is 5.55. The van der Waals surface area contributed by atoms with E-state index < -0.39 is 0 Å². The van der Waals surface area contributed by atoms with Crippen LogP contribution in [0.5, 0.6) is 0 Å². The van der Waals surface area contributed by atoms with Crippen LogP contribution in [0.15, 0.2) is 24.3 Å². The van der Waals surface area contributed by atoms with Gasteiger partial charge in [0.2, 0.25) is 0 Å². The van der Waals surface area contributed by atoms with Crippen molar-refractivity contribution in [3.63, 3.8) is 0 Å². The molecule has 1 aliphatic rings. The Labute approximate surface area is 120 Å². The average Bonchev–Trinajstić information content (AvgIpc) is 2.38. The molecule has 1 atom stereocenters. The Hall–Kier alpha value is -1.84. The number of carbonyl (C=O) groups excluding carboxylic acids is 2. The number of likely N-dealkylation sites (tertiary alicyclic amines) is 1. The third kappa shape index (κ3) is 3.83. The Balaban J connectivity index is 2.04. The molecule has 1 fully saturated rings. The summed E-state index contributed by atoms with van der Waals surface area (Å²) in [5, 5.41) is 2.93. The van der Waals surface area contributed by atoms with Gasteiger partial charge in [0.15, 0.2) is 0 Å². The first-order chi connectivity index (χ1) is 9.56. The summed E-state index contributed by atoms with van der Waals surface area (Å²) in [5.74, 6) is 0.144. The predicted octanol–water partition coefficient (Wildman–Crippen LogP) is 3.36. The van der Waals surface area contributed by atoms with Crippen LogP contribution in [-0.2, 0) is 4.79 Å². The summed E-state index contributed by atoms with van der Waals surface area (Å²) >= 11 is 0. The number of rotatable bonds is 3. The number of aryl methyl sites for hydroxylation is 1. The van der Waals surface area contributed by atoms with Crippen molar-refractivity contribution in [2.75, 3.05) is 11.9 Å². The summed E-state index contributed by atoms with van der Waals surface area (Å²) in [6.07, 6.45) is 3.48. The Bertz CT molecular complexity index is 499. The van der Waals surface area contributed by atoms with Gasteiger partial charge in [-0.3, -0.25) is 4.79 Å². The molecule has 0 spiro atoms. The topological polar surface area (TPSA) is 49.4 Å². The highest BCUT2D eigenvalue weighted by molar-refractivity contribution is 5.90. The summed E-state index contributed by atoms with van der Waals surface area (Å²) in [6, 6.07) is 7.70. The lowest BCUT2D eigenvalue weighted by atomic mass is 9.98. The summed E-state index contributed by atoms with van der Waals surface area (Å²) in [6.45, 7) is 4.32. The lowest BCUT2D eigenvalue weighted by Crippen LogP contribution is -2.46. The first-order valence-corrected chi connectivity index (χ1v) is 7.20. The molecule has 0 radical (unpaired) electrons. The van der Waals surface area contributed by atoms with Gasteiger partial charge in [-0.15, -0.1) is 0 Å². The Morgan fingerprint density at radius 1 is 1.35 bits per heavy atom. The number of nitrogens with one attached hydrogen (secondary N) is 1. The van der Waals surface area contributed by atoms with Gasteiger partial charge in [0.25, 0.3) is 0 Å². The van der Waals surface area contributed by atoms with E-state index in [0.717, 1.165) is 37.1 Å². The molecular weight excluding hydrogens is 252 g/mol. The molecule has 2 amide bonds. The van der Waals surface area contributed by atoms with Crippen molar-refractivity contribution in [2.24, 2.45) is 0 Å². The van der Waals surface area contributed by atoms with Crippen LogP contribution in [0, 0.1) is 6.92 Å². The molecule has 20 heavy (non-hydrogen) atoms. The molecule has 0 bridgehead atoms. The Morgan fingerprint density at radius 2 is 2.15 bits per heavy atom. The van der Waals surface area contributed by atoms with Gasteiger partial charge in [0, 0.05) is 24.7 Å². The molecule has 1 aromatic carbocycles. The summed E-state index contributed by atoms with van der Waals surface area (Å²) < 4.78 is 0. The number of hydrogen-bond donors (Lipinski definition) is 1. The van der Waals surface area contributed by atoms with Gasteiger partial charge in [-0.05, 0) is 50.8 Å². The van der Waals surface area contributed by atoms with E-state index in [0.29, 0.717) is 6.42 Å². The Kier molecular flexibility index (Phi) is 4.77. The minimum atomic E-state index is -0.0958. The number of nitrogens with zero attached hydrogens (tertiary/aromatic N) is 1. The SMILES string of the molecule is CC(=O)CC1CCCCN1C(=O)Nc1cccc(C)c1. The molecule has 2 rings (SSSR count). The predicted molar refractivity (Wildman–Crippen MR) is 79.8 cm³/mol. The van der Waals surface area contributed by atoms with E-state index in [-0.39, 0.29) is 17.9 Å². The number of benzene rings is 1. The molecule has 1 aliphatic heterocycles. The summed E-state index contributed by atoms with van der Waals surface area (Å²) in [5.41, 5.74) is 1.92. The maximum Gasteiger partial charge on any atom is 0.322 e. The molecule has 4 heteroatoms. The van der Waals surface area contributed by atoms with Gasteiger partial charge in [0.05, 0.1) is 0 Å². The maximum absolute atomic E-state index is 12.4. The van der Waals surface area contributed by atoms with Crippen molar-refractivity contribution in [3.8, 4) is 0 Å². The minimum absolute atomic E-state index is 0.0473. The molecular formula is C16H22N2O2. The van der Waals surface area contributed by atoms with Crippen LogP contribution in [0.1, 0.15) is 38.2 Å². The summed E-state index contributed by atoms with van der Waals surface area (Å²) in [4.78, 5) is 25.5. The number of amides is 2. The van der Waals surface area contributed by atoms with E-state index in [2.05, 4.69) is 5.32 Å². The molecule has 1 N–H and O–H groups in total. The van der Waals surface area contributed by atoms with Crippen LogP contribution in [0.2, 0.25) is 0 Å². The molecule has 1 saturated heterocycles. The number of ketones is 1. The fraction of sp³-hybridized carbons (Fsp3) is 0.500. The number of urea groups is 1. The molecule has 1 unspecified atom stereocenters.